The largest absolute Gasteiger partial charge is 0.481 e. The number of halogens is 3. The van der Waals surface area contributed by atoms with Crippen LogP contribution in [0.15, 0.2) is 36.5 Å². The van der Waals surface area contributed by atoms with Crippen molar-refractivity contribution in [1.29, 1.82) is 0 Å². The Kier molecular flexibility index (Phi) is 9.22. The van der Waals surface area contributed by atoms with Gasteiger partial charge in [0.2, 0.25) is 5.88 Å². The van der Waals surface area contributed by atoms with Crippen LogP contribution in [0.1, 0.15) is 81.7 Å². The molecule has 0 radical (unpaired) electrons. The number of hydrogen-bond donors (Lipinski definition) is 1. The number of aromatic nitrogens is 1. The van der Waals surface area contributed by atoms with Crippen molar-refractivity contribution in [3.05, 3.63) is 58.8 Å². The monoisotopic (exact) mass is 592 g/mol. The minimum atomic E-state index is -4.63. The molecular weight excluding hydrogens is 553 g/mol. The van der Waals surface area contributed by atoms with Crippen molar-refractivity contribution in [2.45, 2.75) is 90.5 Å². The second-order valence-corrected chi connectivity index (χ2v) is 12.3. The molecule has 230 valence electrons. The van der Waals surface area contributed by atoms with Crippen LogP contribution in [0, 0.1) is 11.3 Å². The maximum atomic E-state index is 14.1. The number of likely N-dealkylation sites (tertiary alicyclic amines) is 1. The van der Waals surface area contributed by atoms with Gasteiger partial charge in [0.25, 0.3) is 5.91 Å². The molecule has 1 amide bonds. The fraction of sp³-hybridized carbons (Fsp3) is 0.581. The zero-order valence-corrected chi connectivity index (χ0v) is 24.8. The Balaban J connectivity index is 1.89. The first-order valence-electron chi connectivity index (χ1n) is 14.1. The summed E-state index contributed by atoms with van der Waals surface area (Å²) in [6, 6.07) is 6.33. The smallest absolute Gasteiger partial charge is 0.417 e. The van der Waals surface area contributed by atoms with E-state index in [1.165, 1.54) is 12.0 Å². The minimum Gasteiger partial charge on any atom is -0.481 e. The Morgan fingerprint density at radius 2 is 1.88 bits per heavy atom. The van der Waals surface area contributed by atoms with Crippen molar-refractivity contribution in [2.75, 3.05) is 13.7 Å². The van der Waals surface area contributed by atoms with Crippen molar-refractivity contribution in [3.8, 4) is 5.88 Å². The van der Waals surface area contributed by atoms with Gasteiger partial charge in [-0.2, -0.15) is 13.2 Å². The van der Waals surface area contributed by atoms with Gasteiger partial charge in [-0.25, -0.2) is 9.78 Å². The van der Waals surface area contributed by atoms with Crippen LogP contribution in [-0.2, 0) is 31.8 Å². The number of ether oxygens (including phenoxy) is 3. The molecule has 8 nitrogen and oxygen atoms in total. The lowest BCUT2D eigenvalue weighted by molar-refractivity contribution is -0.156. The minimum absolute atomic E-state index is 0.0329. The highest BCUT2D eigenvalue weighted by molar-refractivity contribution is 5.88. The lowest BCUT2D eigenvalue weighted by atomic mass is 9.73. The van der Waals surface area contributed by atoms with Crippen molar-refractivity contribution >= 4 is 11.9 Å². The Bertz CT molecular complexity index is 1290. The molecule has 1 N–H and O–H groups in total. The van der Waals surface area contributed by atoms with E-state index in [4.69, 9.17) is 14.2 Å². The van der Waals surface area contributed by atoms with Crippen LogP contribution in [-0.4, -0.2) is 58.8 Å². The molecule has 0 spiro atoms. The number of rotatable bonds is 8. The number of carboxylic acid groups (broad SMARTS) is 1. The Labute approximate surface area is 244 Å². The molecule has 2 aliphatic heterocycles. The number of amides is 1. The first kappa shape index (κ1) is 31.7. The van der Waals surface area contributed by atoms with E-state index < -0.39 is 59.2 Å². The van der Waals surface area contributed by atoms with E-state index in [0.717, 1.165) is 17.2 Å². The molecule has 4 rings (SSSR count). The second kappa shape index (κ2) is 12.2. The van der Waals surface area contributed by atoms with Crippen molar-refractivity contribution in [2.24, 2.45) is 11.3 Å². The number of methoxy groups -OCH3 is 1. The molecule has 0 saturated carbocycles. The number of benzene rings is 1. The average molecular weight is 593 g/mol. The topological polar surface area (TPSA) is 98.2 Å². The van der Waals surface area contributed by atoms with E-state index in [9.17, 15) is 27.9 Å². The fourth-order valence-corrected chi connectivity index (χ4v) is 6.29. The maximum absolute atomic E-state index is 14.1. The molecule has 1 aromatic carbocycles. The van der Waals surface area contributed by atoms with E-state index in [-0.39, 0.29) is 24.0 Å². The number of carbonyl (C=O) groups excluding carboxylic acids is 1. The Morgan fingerprint density at radius 3 is 2.43 bits per heavy atom. The number of alkyl halides is 3. The summed E-state index contributed by atoms with van der Waals surface area (Å²) in [5, 5.41) is 10.6. The lowest BCUT2D eigenvalue weighted by Gasteiger charge is -2.35. The third kappa shape index (κ3) is 6.27. The number of pyridine rings is 1. The predicted molar refractivity (Wildman–Crippen MR) is 148 cm³/mol. The van der Waals surface area contributed by atoms with Crippen molar-refractivity contribution < 1.29 is 42.1 Å². The summed E-state index contributed by atoms with van der Waals surface area (Å²) >= 11 is 0. The van der Waals surface area contributed by atoms with Crippen LogP contribution in [0.3, 0.4) is 0 Å². The van der Waals surface area contributed by atoms with Crippen molar-refractivity contribution in [3.63, 3.8) is 0 Å². The van der Waals surface area contributed by atoms with Crippen LogP contribution < -0.4 is 4.74 Å². The van der Waals surface area contributed by atoms with Crippen LogP contribution in [0.4, 0.5) is 13.2 Å². The van der Waals surface area contributed by atoms with Gasteiger partial charge in [0.05, 0.1) is 31.4 Å². The summed E-state index contributed by atoms with van der Waals surface area (Å²) in [7, 11) is 1.30. The molecule has 3 heterocycles. The number of carboxylic acids is 1. The normalized spacial score (nSPS) is 24.8. The summed E-state index contributed by atoms with van der Waals surface area (Å²) in [4.78, 5) is 32.4. The van der Waals surface area contributed by atoms with Gasteiger partial charge < -0.3 is 24.2 Å². The molecule has 5 atom stereocenters. The highest BCUT2D eigenvalue weighted by Crippen LogP contribution is 2.51. The van der Waals surface area contributed by atoms with Gasteiger partial charge in [0, 0.05) is 24.3 Å². The molecule has 11 heteroatoms. The molecule has 42 heavy (non-hydrogen) atoms. The number of nitrogens with zero attached hydrogens (tertiary/aromatic N) is 2. The summed E-state index contributed by atoms with van der Waals surface area (Å²) in [6.45, 7) is 9.70. The van der Waals surface area contributed by atoms with Gasteiger partial charge in [-0.05, 0) is 41.4 Å². The first-order chi connectivity index (χ1) is 19.7. The van der Waals surface area contributed by atoms with Crippen LogP contribution in [0.5, 0.6) is 5.88 Å². The number of aliphatic carboxylic acids is 1. The average Bonchev–Trinajstić information content (AvgIpc) is 3.57. The predicted octanol–water partition coefficient (Wildman–Crippen LogP) is 6.00. The highest BCUT2D eigenvalue weighted by atomic mass is 19.4. The first-order valence-corrected chi connectivity index (χ1v) is 14.1. The number of hydrogen-bond acceptors (Lipinski definition) is 6. The van der Waals surface area contributed by atoms with E-state index in [0.29, 0.717) is 25.6 Å². The fourth-order valence-electron chi connectivity index (χ4n) is 6.29. The van der Waals surface area contributed by atoms with E-state index in [1.807, 2.05) is 58.9 Å². The van der Waals surface area contributed by atoms with Crippen molar-refractivity contribution in [1.82, 2.24) is 9.88 Å². The second-order valence-electron chi connectivity index (χ2n) is 12.3. The molecule has 2 aromatic rings. The third-order valence-electron chi connectivity index (χ3n) is 8.13. The lowest BCUT2D eigenvalue weighted by Crippen LogP contribution is -2.50. The highest BCUT2D eigenvalue weighted by Gasteiger charge is 2.60. The van der Waals surface area contributed by atoms with Gasteiger partial charge in [0.15, 0.2) is 0 Å². The standard InChI is InChI=1S/C31H39F3N2O6/c1-17(2)20-10-7-8-11-21(20)24-26(42-16-18-14-19(31(32,33)34)15-35-27(18)40-6)23(30(3,4)5)25(29(38)39)36(24)28(37)22-12-9-13-41-22/h7-8,10-11,14-15,17,22-26H,9,12-13,16H2,1-6H3,(H,38,39)/t22-,23-,24+,25+,26+/m1/s1. The van der Waals surface area contributed by atoms with E-state index in [2.05, 4.69) is 4.98 Å². The van der Waals surface area contributed by atoms with Gasteiger partial charge >= 0.3 is 12.1 Å². The SMILES string of the molecule is COc1ncc(C(F)(F)F)cc1CO[C@H]1[C@H](C(C)(C)C)[C@@H](C(=O)O)N(C(=O)[C@H]2CCCO2)[C@H]1c1ccccc1C(C)C. The Morgan fingerprint density at radius 1 is 1.19 bits per heavy atom. The molecule has 2 fully saturated rings. The van der Waals surface area contributed by atoms with Gasteiger partial charge in [-0.3, -0.25) is 4.79 Å². The molecule has 0 aliphatic carbocycles. The molecule has 1 aromatic heterocycles. The quantitative estimate of drug-likeness (QED) is 0.402. The summed E-state index contributed by atoms with van der Waals surface area (Å²) < 4.78 is 58.1. The van der Waals surface area contributed by atoms with E-state index >= 15 is 0 Å². The molecule has 2 aliphatic rings. The molecule has 2 saturated heterocycles. The maximum Gasteiger partial charge on any atom is 0.417 e. The van der Waals surface area contributed by atoms with Gasteiger partial charge in [-0.15, -0.1) is 0 Å². The summed E-state index contributed by atoms with van der Waals surface area (Å²) in [6.07, 6.45) is -4.46. The summed E-state index contributed by atoms with van der Waals surface area (Å²) in [5.74, 6) is -2.34. The van der Waals surface area contributed by atoms with Crippen LogP contribution in [0.25, 0.3) is 0 Å². The molecular formula is C31H39F3N2O6. The van der Waals surface area contributed by atoms with Crippen LogP contribution >= 0.6 is 0 Å². The Hall–Kier alpha value is -3.18. The third-order valence-corrected chi connectivity index (χ3v) is 8.13. The van der Waals surface area contributed by atoms with Gasteiger partial charge in [0.1, 0.15) is 12.1 Å². The summed E-state index contributed by atoms with van der Waals surface area (Å²) in [5.41, 5.74) is 0.0717. The van der Waals surface area contributed by atoms with E-state index in [1.54, 1.807) is 0 Å². The zero-order chi connectivity index (χ0) is 31.0. The molecule has 0 bridgehead atoms. The van der Waals surface area contributed by atoms with Crippen LogP contribution in [0.2, 0.25) is 0 Å². The molecule has 0 unspecified atom stereocenters. The number of carbonyl (C=O) groups is 2. The zero-order valence-electron chi connectivity index (χ0n) is 24.8. The van der Waals surface area contributed by atoms with Gasteiger partial charge in [-0.1, -0.05) is 58.9 Å².